The Kier molecular flexibility index (Phi) is 2.02. The van der Waals surface area contributed by atoms with Crippen LogP contribution in [0.25, 0.3) is 0 Å². The summed E-state index contributed by atoms with van der Waals surface area (Å²) in [7, 11) is 0. The molecule has 0 aliphatic rings. The maximum absolute atomic E-state index is 10.1. The molecule has 0 fully saturated rings. The maximum atomic E-state index is 10.1. The van der Waals surface area contributed by atoms with Gasteiger partial charge in [0, 0.05) is 0 Å². The molecular weight excluding hydrogens is 140 g/mol. The first-order valence-electron chi connectivity index (χ1n) is 2.45. The summed E-state index contributed by atoms with van der Waals surface area (Å²) >= 11 is 0. The van der Waals surface area contributed by atoms with Gasteiger partial charge in [0.1, 0.15) is 0 Å². The third-order valence-corrected chi connectivity index (χ3v) is 1.10. The Morgan fingerprint density at radius 3 is 1.70 bits per heavy atom. The first kappa shape index (κ1) is 9.31. The van der Waals surface area contributed by atoms with Crippen LogP contribution in [0.1, 0.15) is 6.92 Å². The fraction of sp³-hybridized carbons (Fsp3) is 0.750. The van der Waals surface area contributed by atoms with Crippen molar-refractivity contribution < 1.29 is 20.1 Å². The average molecular weight is 150 g/mol. The van der Waals surface area contributed by atoms with Gasteiger partial charge in [-0.3, -0.25) is 11.5 Å². The monoisotopic (exact) mass is 150 g/mol. The molecule has 0 aromatic carbocycles. The average Bonchev–Trinajstić information content (AvgIpc) is 1.62. The molecule has 0 heterocycles. The molecule has 0 bridgehead atoms. The van der Waals surface area contributed by atoms with E-state index in [1.165, 1.54) is 0 Å². The van der Waals surface area contributed by atoms with Crippen molar-refractivity contribution in [2.75, 3.05) is 0 Å². The van der Waals surface area contributed by atoms with Crippen LogP contribution in [0.3, 0.4) is 0 Å². The number of nitrogens with two attached hydrogens (primary N) is 2. The third-order valence-electron chi connectivity index (χ3n) is 1.10. The third kappa shape index (κ3) is 1.42. The lowest BCUT2D eigenvalue weighted by molar-refractivity contribution is -0.186. The van der Waals surface area contributed by atoms with Gasteiger partial charge in [0.2, 0.25) is 0 Å². The highest BCUT2D eigenvalue weighted by molar-refractivity contribution is 5.77. The second kappa shape index (κ2) is 2.17. The van der Waals surface area contributed by atoms with Gasteiger partial charge in [-0.05, 0) is 6.92 Å². The van der Waals surface area contributed by atoms with E-state index in [0.29, 0.717) is 0 Å². The molecule has 0 radical (unpaired) electrons. The summed E-state index contributed by atoms with van der Waals surface area (Å²) in [4.78, 5) is 10.1. The number of hydrogen-bond acceptors (Lipinski definition) is 5. The summed E-state index contributed by atoms with van der Waals surface area (Å²) in [5, 5.41) is 25.6. The predicted octanol–water partition coefficient (Wildman–Crippen LogP) is -2.61. The molecule has 0 saturated heterocycles. The summed E-state index contributed by atoms with van der Waals surface area (Å²) < 4.78 is 0. The lowest BCUT2D eigenvalue weighted by Gasteiger charge is -2.30. The van der Waals surface area contributed by atoms with Gasteiger partial charge >= 0.3 is 5.97 Å². The van der Waals surface area contributed by atoms with Crippen molar-refractivity contribution in [2.45, 2.75) is 18.4 Å². The SMILES string of the molecule is CC(N)(O)[C@@](N)(O)C(=O)O. The van der Waals surface area contributed by atoms with Crippen molar-refractivity contribution in [3.8, 4) is 0 Å². The van der Waals surface area contributed by atoms with Crippen LogP contribution in [0.2, 0.25) is 0 Å². The molecule has 0 rings (SSSR count). The zero-order valence-electron chi connectivity index (χ0n) is 5.40. The van der Waals surface area contributed by atoms with Crippen LogP contribution in [-0.2, 0) is 4.79 Å². The van der Waals surface area contributed by atoms with Gasteiger partial charge in [-0.2, -0.15) is 0 Å². The first-order chi connectivity index (χ1) is 4.19. The van der Waals surface area contributed by atoms with E-state index in [2.05, 4.69) is 0 Å². The van der Waals surface area contributed by atoms with E-state index in [1.54, 1.807) is 0 Å². The number of carbonyl (C=O) groups is 1. The molecule has 60 valence electrons. The molecule has 1 unspecified atom stereocenters. The van der Waals surface area contributed by atoms with Crippen LogP contribution in [-0.4, -0.2) is 32.7 Å². The minimum absolute atomic E-state index is 0.890. The van der Waals surface area contributed by atoms with Gasteiger partial charge < -0.3 is 15.3 Å². The quantitative estimate of drug-likeness (QED) is 0.274. The molecule has 0 aromatic rings. The zero-order valence-corrected chi connectivity index (χ0v) is 5.40. The molecular formula is C4H10N2O4. The van der Waals surface area contributed by atoms with Crippen LogP contribution in [0.4, 0.5) is 0 Å². The van der Waals surface area contributed by atoms with Crippen molar-refractivity contribution in [1.82, 2.24) is 0 Å². The highest BCUT2D eigenvalue weighted by Gasteiger charge is 2.46. The van der Waals surface area contributed by atoms with E-state index >= 15 is 0 Å². The van der Waals surface area contributed by atoms with Crippen molar-refractivity contribution >= 4 is 5.97 Å². The largest absolute Gasteiger partial charge is 0.478 e. The Morgan fingerprint density at radius 1 is 1.40 bits per heavy atom. The fourth-order valence-corrected chi connectivity index (χ4v) is 0.216. The Hall–Kier alpha value is -0.690. The molecule has 6 nitrogen and oxygen atoms in total. The molecule has 0 amide bonds. The topological polar surface area (TPSA) is 130 Å². The number of carboxylic acid groups (broad SMARTS) is 1. The standard InChI is InChI=1S/C4H10N2O4/c1-3(5,9)4(6,10)2(7)8/h9-10H,5-6H2,1H3,(H,7,8)/t3?,4-/m0/s1. The van der Waals surface area contributed by atoms with Gasteiger partial charge in [-0.1, -0.05) is 0 Å². The first-order valence-corrected chi connectivity index (χ1v) is 2.45. The lowest BCUT2D eigenvalue weighted by atomic mass is 10.0. The second-order valence-corrected chi connectivity index (χ2v) is 2.22. The van der Waals surface area contributed by atoms with Gasteiger partial charge in [0.15, 0.2) is 5.72 Å². The molecule has 0 aliphatic heterocycles. The molecule has 7 N–H and O–H groups in total. The summed E-state index contributed by atoms with van der Waals surface area (Å²) in [6.45, 7) is 0.890. The number of rotatable bonds is 2. The fourth-order valence-electron chi connectivity index (χ4n) is 0.216. The lowest BCUT2D eigenvalue weighted by Crippen LogP contribution is -2.68. The van der Waals surface area contributed by atoms with E-state index < -0.39 is 17.4 Å². The normalized spacial score (nSPS) is 22.9. The van der Waals surface area contributed by atoms with Crippen LogP contribution in [0.15, 0.2) is 0 Å². The Balaban J connectivity index is 4.57. The summed E-state index contributed by atoms with van der Waals surface area (Å²) in [6.07, 6.45) is 0. The number of aliphatic hydroxyl groups is 2. The Morgan fingerprint density at radius 2 is 1.70 bits per heavy atom. The molecule has 2 atom stereocenters. The number of carboxylic acids is 1. The summed E-state index contributed by atoms with van der Waals surface area (Å²) in [5.41, 5.74) is 4.37. The highest BCUT2D eigenvalue weighted by Crippen LogP contribution is 2.09. The van der Waals surface area contributed by atoms with Crippen molar-refractivity contribution in [3.63, 3.8) is 0 Å². The van der Waals surface area contributed by atoms with E-state index in [1.807, 2.05) is 0 Å². The van der Waals surface area contributed by atoms with Gasteiger partial charge in [0.05, 0.1) is 0 Å². The Bertz CT molecular complexity index is 148. The van der Waals surface area contributed by atoms with Crippen LogP contribution < -0.4 is 11.5 Å². The van der Waals surface area contributed by atoms with Gasteiger partial charge in [0.25, 0.3) is 5.72 Å². The number of hydrogen-bond donors (Lipinski definition) is 5. The van der Waals surface area contributed by atoms with Crippen molar-refractivity contribution in [1.29, 1.82) is 0 Å². The van der Waals surface area contributed by atoms with Crippen LogP contribution in [0, 0.1) is 0 Å². The van der Waals surface area contributed by atoms with E-state index in [9.17, 15) is 4.79 Å². The maximum Gasteiger partial charge on any atom is 0.355 e. The molecule has 0 aliphatic carbocycles. The summed E-state index contributed by atoms with van der Waals surface area (Å²) in [5.74, 6) is -1.78. The smallest absolute Gasteiger partial charge is 0.355 e. The molecule has 6 heteroatoms. The molecule has 10 heavy (non-hydrogen) atoms. The Labute approximate surface area is 57.1 Å². The second-order valence-electron chi connectivity index (χ2n) is 2.22. The van der Waals surface area contributed by atoms with Crippen LogP contribution >= 0.6 is 0 Å². The van der Waals surface area contributed by atoms with Crippen molar-refractivity contribution in [2.24, 2.45) is 11.5 Å². The van der Waals surface area contributed by atoms with E-state index in [-0.39, 0.29) is 0 Å². The zero-order chi connectivity index (χ0) is 8.58. The van der Waals surface area contributed by atoms with Crippen LogP contribution in [0.5, 0.6) is 0 Å². The van der Waals surface area contributed by atoms with Crippen molar-refractivity contribution in [3.05, 3.63) is 0 Å². The highest BCUT2D eigenvalue weighted by atomic mass is 16.4. The molecule has 0 spiro atoms. The van der Waals surface area contributed by atoms with E-state index in [0.717, 1.165) is 6.92 Å². The minimum Gasteiger partial charge on any atom is -0.478 e. The minimum atomic E-state index is -2.81. The van der Waals surface area contributed by atoms with Gasteiger partial charge in [-0.15, -0.1) is 0 Å². The van der Waals surface area contributed by atoms with Gasteiger partial charge in [-0.25, -0.2) is 4.79 Å². The summed E-state index contributed by atoms with van der Waals surface area (Å²) in [6, 6.07) is 0. The number of aliphatic carboxylic acids is 1. The van der Waals surface area contributed by atoms with E-state index in [4.69, 9.17) is 26.8 Å². The molecule has 0 saturated carbocycles. The molecule has 0 aromatic heterocycles. The predicted molar refractivity (Wildman–Crippen MR) is 31.6 cm³/mol.